The fraction of sp³-hybridized carbons (Fsp3) is 0.0545. The maximum Gasteiger partial charge on any atom is 0.143 e. The molecule has 1 aliphatic carbocycles. The number of hydrogen-bond acceptors (Lipinski definition) is 3. The number of para-hydroxylation sites is 3. The van der Waals surface area contributed by atoms with Crippen molar-refractivity contribution < 1.29 is 8.83 Å². The molecule has 274 valence electrons. The summed E-state index contributed by atoms with van der Waals surface area (Å²) in [5, 5.41) is 6.86. The SMILES string of the molecule is CC1(C)c2ccccc2-c2c(N(c3ccc(-c4cccc5c4oc4ccccc45)cc3)c3ccccc3-c3cccc4oc5cc6ccccc6cc5c34)cccc21. The summed E-state index contributed by atoms with van der Waals surface area (Å²) in [4.78, 5) is 2.47. The lowest BCUT2D eigenvalue weighted by Crippen LogP contribution is -2.16. The molecule has 0 unspecified atom stereocenters. The van der Waals surface area contributed by atoms with Gasteiger partial charge in [0.1, 0.15) is 22.3 Å². The molecule has 11 aromatic rings. The fourth-order valence-electron chi connectivity index (χ4n) is 9.73. The summed E-state index contributed by atoms with van der Waals surface area (Å²) in [5.74, 6) is 0. The van der Waals surface area contributed by atoms with Crippen LogP contribution in [0.1, 0.15) is 25.0 Å². The van der Waals surface area contributed by atoms with Crippen LogP contribution in [0.3, 0.4) is 0 Å². The summed E-state index contributed by atoms with van der Waals surface area (Å²) < 4.78 is 13.1. The summed E-state index contributed by atoms with van der Waals surface area (Å²) in [6, 6.07) is 67.7. The molecule has 12 rings (SSSR count). The van der Waals surface area contributed by atoms with E-state index in [0.717, 1.165) is 83.2 Å². The van der Waals surface area contributed by atoms with E-state index >= 15 is 0 Å². The molecule has 0 spiro atoms. The molecule has 0 atom stereocenters. The van der Waals surface area contributed by atoms with Gasteiger partial charge < -0.3 is 13.7 Å². The Morgan fingerprint density at radius 2 is 1.03 bits per heavy atom. The minimum Gasteiger partial charge on any atom is -0.456 e. The van der Waals surface area contributed by atoms with Crippen molar-refractivity contribution in [1.82, 2.24) is 0 Å². The maximum absolute atomic E-state index is 6.60. The fourth-order valence-corrected chi connectivity index (χ4v) is 9.73. The van der Waals surface area contributed by atoms with Gasteiger partial charge in [0.2, 0.25) is 0 Å². The number of furan rings is 2. The highest BCUT2D eigenvalue weighted by molar-refractivity contribution is 6.17. The average molecular weight is 744 g/mol. The van der Waals surface area contributed by atoms with E-state index in [1.165, 1.54) is 33.0 Å². The molecular weight excluding hydrogens is 707 g/mol. The first-order valence-corrected chi connectivity index (χ1v) is 20.0. The standard InChI is InChI=1S/C55H37NO2/c1-55(2)45-22-8-5-18-43(45)53-46(55)23-13-25-48(53)56(37-30-28-34(29-31-37)38-19-11-21-42-40-17-7-10-26-49(40)58-54(38)42)47-24-9-6-16-39(47)41-20-12-27-50-52(41)44-32-35-14-3-4-15-36(35)33-51(44)57-50/h3-33H,1-2H3. The normalized spacial score (nSPS) is 13.1. The van der Waals surface area contributed by atoms with Crippen LogP contribution in [-0.2, 0) is 5.41 Å². The van der Waals surface area contributed by atoms with E-state index in [9.17, 15) is 0 Å². The van der Waals surface area contributed by atoms with E-state index in [4.69, 9.17) is 8.83 Å². The molecule has 0 fully saturated rings. The van der Waals surface area contributed by atoms with Gasteiger partial charge in [-0.05, 0) is 87.1 Å². The molecule has 0 saturated heterocycles. The Balaban J connectivity index is 1.10. The van der Waals surface area contributed by atoms with Crippen molar-refractivity contribution in [3.8, 4) is 33.4 Å². The van der Waals surface area contributed by atoms with E-state index in [1.807, 2.05) is 12.1 Å². The molecule has 3 heteroatoms. The summed E-state index contributed by atoms with van der Waals surface area (Å²) in [6.45, 7) is 4.70. The summed E-state index contributed by atoms with van der Waals surface area (Å²) >= 11 is 0. The lowest BCUT2D eigenvalue weighted by molar-refractivity contribution is 0.660. The molecule has 0 N–H and O–H groups in total. The van der Waals surface area contributed by atoms with Crippen LogP contribution in [0.25, 0.3) is 88.0 Å². The van der Waals surface area contributed by atoms with Gasteiger partial charge >= 0.3 is 0 Å². The van der Waals surface area contributed by atoms with Crippen molar-refractivity contribution >= 4 is 71.7 Å². The van der Waals surface area contributed by atoms with Crippen molar-refractivity contribution in [2.75, 3.05) is 4.90 Å². The van der Waals surface area contributed by atoms with Crippen LogP contribution in [0, 0.1) is 0 Å². The lowest BCUT2D eigenvalue weighted by Gasteiger charge is -2.30. The van der Waals surface area contributed by atoms with Gasteiger partial charge in [-0.25, -0.2) is 0 Å². The number of fused-ring (bicyclic) bond motifs is 10. The molecule has 9 aromatic carbocycles. The van der Waals surface area contributed by atoms with Gasteiger partial charge in [0.05, 0.1) is 11.4 Å². The van der Waals surface area contributed by atoms with Crippen molar-refractivity contribution in [2.45, 2.75) is 19.3 Å². The predicted octanol–water partition coefficient (Wildman–Crippen LogP) is 15.7. The van der Waals surface area contributed by atoms with Gasteiger partial charge in [-0.2, -0.15) is 0 Å². The molecule has 0 bridgehead atoms. The van der Waals surface area contributed by atoms with Crippen LogP contribution < -0.4 is 4.90 Å². The van der Waals surface area contributed by atoms with Gasteiger partial charge in [-0.15, -0.1) is 0 Å². The molecular formula is C55H37NO2. The first kappa shape index (κ1) is 32.8. The Hall–Kier alpha value is -7.36. The summed E-state index contributed by atoms with van der Waals surface area (Å²) in [5.41, 5.74) is 16.4. The zero-order valence-electron chi connectivity index (χ0n) is 32.2. The van der Waals surface area contributed by atoms with Crippen molar-refractivity contribution in [2.24, 2.45) is 0 Å². The molecule has 2 aromatic heterocycles. The Bertz CT molecular complexity index is 3440. The molecule has 0 radical (unpaired) electrons. The molecule has 0 aliphatic heterocycles. The van der Waals surface area contributed by atoms with Crippen LogP contribution in [0.15, 0.2) is 197 Å². The van der Waals surface area contributed by atoms with Crippen LogP contribution in [0.4, 0.5) is 17.1 Å². The second kappa shape index (κ2) is 12.3. The van der Waals surface area contributed by atoms with Crippen molar-refractivity contribution in [3.63, 3.8) is 0 Å². The third-order valence-electron chi connectivity index (χ3n) is 12.5. The first-order chi connectivity index (χ1) is 28.5. The Kier molecular flexibility index (Phi) is 6.98. The van der Waals surface area contributed by atoms with Gasteiger partial charge in [0, 0.05) is 49.3 Å². The number of benzene rings is 9. The zero-order chi connectivity index (χ0) is 38.5. The second-order valence-electron chi connectivity index (χ2n) is 16.0. The first-order valence-electron chi connectivity index (χ1n) is 20.0. The van der Waals surface area contributed by atoms with E-state index in [1.54, 1.807) is 0 Å². The van der Waals surface area contributed by atoms with Crippen LogP contribution in [0.5, 0.6) is 0 Å². The number of rotatable bonds is 5. The lowest BCUT2D eigenvalue weighted by atomic mass is 9.82. The van der Waals surface area contributed by atoms with Gasteiger partial charge in [0.15, 0.2) is 0 Å². The van der Waals surface area contributed by atoms with E-state index < -0.39 is 0 Å². The minimum atomic E-state index is -0.147. The second-order valence-corrected chi connectivity index (χ2v) is 16.0. The van der Waals surface area contributed by atoms with Crippen LogP contribution in [0.2, 0.25) is 0 Å². The highest BCUT2D eigenvalue weighted by Gasteiger charge is 2.38. The third kappa shape index (κ3) is 4.74. The highest BCUT2D eigenvalue weighted by Crippen LogP contribution is 2.55. The third-order valence-corrected chi connectivity index (χ3v) is 12.5. The Morgan fingerprint density at radius 3 is 1.91 bits per heavy atom. The van der Waals surface area contributed by atoms with Gasteiger partial charge in [-0.3, -0.25) is 0 Å². The van der Waals surface area contributed by atoms with Gasteiger partial charge in [-0.1, -0.05) is 153 Å². The maximum atomic E-state index is 6.60. The van der Waals surface area contributed by atoms with E-state index in [2.05, 4.69) is 195 Å². The minimum absolute atomic E-state index is 0.147. The molecule has 3 nitrogen and oxygen atoms in total. The largest absolute Gasteiger partial charge is 0.456 e. The Labute approximate surface area is 336 Å². The smallest absolute Gasteiger partial charge is 0.143 e. The number of anilines is 3. The molecule has 0 amide bonds. The number of hydrogen-bond donors (Lipinski definition) is 0. The number of nitrogens with zero attached hydrogens (tertiary/aromatic N) is 1. The topological polar surface area (TPSA) is 29.5 Å². The van der Waals surface area contributed by atoms with Crippen molar-refractivity contribution in [1.29, 1.82) is 0 Å². The monoisotopic (exact) mass is 743 g/mol. The molecule has 1 aliphatic rings. The average Bonchev–Trinajstić information content (AvgIpc) is 3.91. The molecule has 58 heavy (non-hydrogen) atoms. The molecule has 0 saturated carbocycles. The summed E-state index contributed by atoms with van der Waals surface area (Å²) in [6.07, 6.45) is 0. The summed E-state index contributed by atoms with van der Waals surface area (Å²) in [7, 11) is 0. The molecule has 2 heterocycles. The van der Waals surface area contributed by atoms with E-state index in [0.29, 0.717) is 0 Å². The zero-order valence-corrected chi connectivity index (χ0v) is 32.2. The quantitative estimate of drug-likeness (QED) is 0.176. The highest BCUT2D eigenvalue weighted by atomic mass is 16.3. The van der Waals surface area contributed by atoms with Crippen molar-refractivity contribution in [3.05, 3.63) is 199 Å². The van der Waals surface area contributed by atoms with Crippen LogP contribution in [-0.4, -0.2) is 0 Å². The van der Waals surface area contributed by atoms with Gasteiger partial charge in [0.25, 0.3) is 0 Å². The Morgan fingerprint density at radius 1 is 0.414 bits per heavy atom. The van der Waals surface area contributed by atoms with Crippen LogP contribution >= 0.6 is 0 Å². The van der Waals surface area contributed by atoms with E-state index in [-0.39, 0.29) is 5.41 Å². The predicted molar refractivity (Wildman–Crippen MR) is 242 cm³/mol.